The number of nitrogens with zero attached hydrogens (tertiary/aromatic N) is 1. The Hall–Kier alpha value is -2.83. The number of carbonyl (C=O) groups excluding carboxylic acids is 1. The summed E-state index contributed by atoms with van der Waals surface area (Å²) in [5, 5.41) is 8.84. The SMILES string of the molecule is CN=C(NCCNC(=O)c1ccco1)NCc1cccc(F)c1. The largest absolute Gasteiger partial charge is 0.459 e. The van der Waals surface area contributed by atoms with Crippen LogP contribution >= 0.6 is 0 Å². The lowest BCUT2D eigenvalue weighted by molar-refractivity contribution is 0.0926. The van der Waals surface area contributed by atoms with Crippen LogP contribution in [0.15, 0.2) is 52.1 Å². The van der Waals surface area contributed by atoms with Gasteiger partial charge in [-0.3, -0.25) is 9.79 Å². The van der Waals surface area contributed by atoms with Gasteiger partial charge in [-0.2, -0.15) is 0 Å². The summed E-state index contributed by atoms with van der Waals surface area (Å²) in [5.41, 5.74) is 0.819. The third kappa shape index (κ3) is 5.46. The molecule has 23 heavy (non-hydrogen) atoms. The number of carbonyl (C=O) groups is 1. The van der Waals surface area contributed by atoms with Gasteiger partial charge >= 0.3 is 0 Å². The minimum Gasteiger partial charge on any atom is -0.459 e. The van der Waals surface area contributed by atoms with Gasteiger partial charge in [0.05, 0.1) is 6.26 Å². The fourth-order valence-electron chi connectivity index (χ4n) is 1.91. The molecule has 0 fully saturated rings. The number of hydrogen-bond acceptors (Lipinski definition) is 3. The molecule has 0 spiro atoms. The van der Waals surface area contributed by atoms with E-state index in [1.807, 2.05) is 6.07 Å². The van der Waals surface area contributed by atoms with Crippen molar-refractivity contribution in [2.45, 2.75) is 6.54 Å². The molecule has 0 saturated carbocycles. The van der Waals surface area contributed by atoms with Gasteiger partial charge in [0.1, 0.15) is 5.82 Å². The Balaban J connectivity index is 1.68. The van der Waals surface area contributed by atoms with Crippen LogP contribution in [0, 0.1) is 5.82 Å². The Morgan fingerprint density at radius 2 is 2.00 bits per heavy atom. The highest BCUT2D eigenvalue weighted by atomic mass is 19.1. The van der Waals surface area contributed by atoms with Gasteiger partial charge in [0, 0.05) is 26.7 Å². The average molecular weight is 318 g/mol. The summed E-state index contributed by atoms with van der Waals surface area (Å²) >= 11 is 0. The molecule has 2 aromatic rings. The zero-order chi connectivity index (χ0) is 16.5. The summed E-state index contributed by atoms with van der Waals surface area (Å²) < 4.78 is 18.1. The molecule has 1 heterocycles. The quantitative estimate of drug-likeness (QED) is 0.429. The molecule has 0 bridgehead atoms. The van der Waals surface area contributed by atoms with Crippen LogP contribution < -0.4 is 16.0 Å². The lowest BCUT2D eigenvalue weighted by Gasteiger charge is -2.12. The van der Waals surface area contributed by atoms with Crippen molar-refractivity contribution in [2.24, 2.45) is 4.99 Å². The van der Waals surface area contributed by atoms with Crippen LogP contribution in [0.4, 0.5) is 4.39 Å². The molecule has 7 heteroatoms. The third-order valence-electron chi connectivity index (χ3n) is 3.02. The number of hydrogen-bond donors (Lipinski definition) is 3. The molecule has 3 N–H and O–H groups in total. The maximum atomic E-state index is 13.1. The second-order valence-electron chi connectivity index (χ2n) is 4.72. The van der Waals surface area contributed by atoms with E-state index < -0.39 is 0 Å². The maximum Gasteiger partial charge on any atom is 0.287 e. The van der Waals surface area contributed by atoms with Crippen molar-refractivity contribution in [1.29, 1.82) is 0 Å². The van der Waals surface area contributed by atoms with Crippen molar-refractivity contribution >= 4 is 11.9 Å². The zero-order valence-electron chi connectivity index (χ0n) is 12.8. The van der Waals surface area contributed by atoms with Gasteiger partial charge in [0.2, 0.25) is 0 Å². The number of guanidine groups is 1. The topological polar surface area (TPSA) is 78.7 Å². The van der Waals surface area contributed by atoms with E-state index in [4.69, 9.17) is 4.42 Å². The van der Waals surface area contributed by atoms with Crippen LogP contribution in [0.5, 0.6) is 0 Å². The number of nitrogens with one attached hydrogen (secondary N) is 3. The summed E-state index contributed by atoms with van der Waals surface area (Å²) in [7, 11) is 1.64. The second-order valence-corrected chi connectivity index (χ2v) is 4.72. The van der Waals surface area contributed by atoms with Crippen LogP contribution in [-0.2, 0) is 6.54 Å². The monoisotopic (exact) mass is 318 g/mol. The molecular formula is C16H19FN4O2. The standard InChI is InChI=1S/C16H19FN4O2/c1-18-16(21-11-12-4-2-5-13(17)10-12)20-8-7-19-15(22)14-6-3-9-23-14/h2-6,9-10H,7-8,11H2,1H3,(H,19,22)(H2,18,20,21). The highest BCUT2D eigenvalue weighted by Crippen LogP contribution is 2.02. The molecule has 1 aromatic heterocycles. The van der Waals surface area contributed by atoms with Crippen LogP contribution in [0.2, 0.25) is 0 Å². The van der Waals surface area contributed by atoms with E-state index in [-0.39, 0.29) is 17.5 Å². The van der Waals surface area contributed by atoms with E-state index >= 15 is 0 Å². The predicted molar refractivity (Wildman–Crippen MR) is 85.6 cm³/mol. The molecule has 1 aromatic carbocycles. The molecule has 1 amide bonds. The number of aliphatic imine (C=N–C) groups is 1. The molecule has 0 radical (unpaired) electrons. The van der Waals surface area contributed by atoms with Crippen LogP contribution in [0.1, 0.15) is 16.1 Å². The van der Waals surface area contributed by atoms with Crippen molar-refractivity contribution in [3.63, 3.8) is 0 Å². The second kappa shape index (κ2) is 8.57. The first-order valence-corrected chi connectivity index (χ1v) is 7.19. The predicted octanol–water partition coefficient (Wildman–Crippen LogP) is 1.51. The number of amides is 1. The van der Waals surface area contributed by atoms with Crippen molar-refractivity contribution in [3.05, 3.63) is 59.8 Å². The molecule has 122 valence electrons. The lowest BCUT2D eigenvalue weighted by Crippen LogP contribution is -2.41. The van der Waals surface area contributed by atoms with E-state index in [1.54, 1.807) is 25.2 Å². The first kappa shape index (κ1) is 16.5. The zero-order valence-corrected chi connectivity index (χ0v) is 12.8. The smallest absolute Gasteiger partial charge is 0.287 e. The molecule has 0 aliphatic carbocycles. The van der Waals surface area contributed by atoms with Gasteiger partial charge in [-0.15, -0.1) is 0 Å². The Labute approximate surface area is 133 Å². The normalized spacial score (nSPS) is 11.1. The first-order chi connectivity index (χ1) is 11.2. The van der Waals surface area contributed by atoms with Gasteiger partial charge in [-0.25, -0.2) is 4.39 Å². The van der Waals surface area contributed by atoms with Crippen LogP contribution in [0.25, 0.3) is 0 Å². The molecular weight excluding hydrogens is 299 g/mol. The Kier molecular flexibility index (Phi) is 6.17. The fourth-order valence-corrected chi connectivity index (χ4v) is 1.91. The summed E-state index contributed by atoms with van der Waals surface area (Å²) in [6.45, 7) is 1.37. The Bertz CT molecular complexity index is 656. The van der Waals surface area contributed by atoms with Gasteiger partial charge in [0.25, 0.3) is 5.91 Å². The van der Waals surface area contributed by atoms with Gasteiger partial charge in [0.15, 0.2) is 11.7 Å². The average Bonchev–Trinajstić information content (AvgIpc) is 3.08. The lowest BCUT2D eigenvalue weighted by atomic mass is 10.2. The molecule has 0 saturated heterocycles. The summed E-state index contributed by atoms with van der Waals surface area (Å²) in [4.78, 5) is 15.7. The van der Waals surface area contributed by atoms with E-state index in [0.717, 1.165) is 5.56 Å². The van der Waals surface area contributed by atoms with E-state index in [0.29, 0.717) is 25.6 Å². The molecule has 6 nitrogen and oxygen atoms in total. The third-order valence-corrected chi connectivity index (χ3v) is 3.02. The molecule has 0 unspecified atom stereocenters. The van der Waals surface area contributed by atoms with E-state index in [1.165, 1.54) is 18.4 Å². The number of halogens is 1. The van der Waals surface area contributed by atoms with Gasteiger partial charge in [-0.1, -0.05) is 12.1 Å². The van der Waals surface area contributed by atoms with Crippen molar-refractivity contribution in [1.82, 2.24) is 16.0 Å². The molecule has 0 atom stereocenters. The van der Waals surface area contributed by atoms with E-state index in [2.05, 4.69) is 20.9 Å². The highest BCUT2D eigenvalue weighted by Gasteiger charge is 2.06. The van der Waals surface area contributed by atoms with Crippen molar-refractivity contribution < 1.29 is 13.6 Å². The Morgan fingerprint density at radius 1 is 1.17 bits per heavy atom. The molecule has 0 aliphatic rings. The minimum absolute atomic E-state index is 0.264. The number of benzene rings is 1. The molecule has 0 aliphatic heterocycles. The summed E-state index contributed by atoms with van der Waals surface area (Å²) in [6, 6.07) is 9.61. The highest BCUT2D eigenvalue weighted by molar-refractivity contribution is 5.91. The summed E-state index contributed by atoms with van der Waals surface area (Å²) in [5.74, 6) is 0.313. The number of rotatable bonds is 6. The summed E-state index contributed by atoms with van der Waals surface area (Å²) in [6.07, 6.45) is 1.45. The van der Waals surface area contributed by atoms with Gasteiger partial charge < -0.3 is 20.4 Å². The number of furan rings is 1. The first-order valence-electron chi connectivity index (χ1n) is 7.19. The van der Waals surface area contributed by atoms with E-state index in [9.17, 15) is 9.18 Å². The fraction of sp³-hybridized carbons (Fsp3) is 0.250. The van der Waals surface area contributed by atoms with Crippen molar-refractivity contribution in [3.8, 4) is 0 Å². The van der Waals surface area contributed by atoms with Gasteiger partial charge in [-0.05, 0) is 29.8 Å². The molecule has 2 rings (SSSR count). The van der Waals surface area contributed by atoms with Crippen LogP contribution in [-0.4, -0.2) is 32.0 Å². The van der Waals surface area contributed by atoms with Crippen LogP contribution in [0.3, 0.4) is 0 Å². The minimum atomic E-state index is -0.270. The Morgan fingerprint density at radius 3 is 2.70 bits per heavy atom. The maximum absolute atomic E-state index is 13.1. The van der Waals surface area contributed by atoms with Crippen molar-refractivity contribution in [2.75, 3.05) is 20.1 Å².